The zero-order valence-electron chi connectivity index (χ0n) is 12.3. The van der Waals surface area contributed by atoms with Crippen LogP contribution in [0.25, 0.3) is 10.9 Å². The molecule has 2 N–H and O–H groups in total. The van der Waals surface area contributed by atoms with Crippen molar-refractivity contribution in [2.24, 2.45) is 0 Å². The first-order chi connectivity index (χ1) is 9.36. The standard InChI is InChI=1S/C16H21NO3/c1-5-17-8-14(10(4)18)12-6-11(9(2)3)7-13(15(12)17)16(19)20/h6-10,18H,5H2,1-4H3,(H,19,20). The lowest BCUT2D eigenvalue weighted by Gasteiger charge is -2.11. The summed E-state index contributed by atoms with van der Waals surface area (Å²) in [6, 6.07) is 3.74. The number of aliphatic hydroxyl groups excluding tert-OH is 1. The molecule has 0 radical (unpaired) electrons. The molecule has 4 heteroatoms. The summed E-state index contributed by atoms with van der Waals surface area (Å²) >= 11 is 0. The fraction of sp³-hybridized carbons (Fsp3) is 0.438. The van der Waals surface area contributed by atoms with Gasteiger partial charge in [-0.1, -0.05) is 13.8 Å². The van der Waals surface area contributed by atoms with Crippen LogP contribution in [0.15, 0.2) is 18.3 Å². The van der Waals surface area contributed by atoms with E-state index in [1.807, 2.05) is 37.6 Å². The van der Waals surface area contributed by atoms with Gasteiger partial charge in [-0.15, -0.1) is 0 Å². The third-order valence-electron chi connectivity index (χ3n) is 3.71. The molecule has 20 heavy (non-hydrogen) atoms. The Kier molecular flexibility index (Phi) is 3.86. The topological polar surface area (TPSA) is 62.5 Å². The van der Waals surface area contributed by atoms with Gasteiger partial charge < -0.3 is 14.8 Å². The SMILES string of the molecule is CCn1cc(C(C)O)c2cc(C(C)C)cc(C(=O)O)c21. The second-order valence-corrected chi connectivity index (χ2v) is 5.47. The van der Waals surface area contributed by atoms with Crippen molar-refractivity contribution in [3.8, 4) is 0 Å². The Bertz CT molecular complexity index is 653. The number of benzene rings is 1. The quantitative estimate of drug-likeness (QED) is 0.897. The maximum Gasteiger partial charge on any atom is 0.337 e. The minimum atomic E-state index is -0.928. The summed E-state index contributed by atoms with van der Waals surface area (Å²) in [4.78, 5) is 11.6. The summed E-state index contributed by atoms with van der Waals surface area (Å²) in [6.07, 6.45) is 1.24. The minimum absolute atomic E-state index is 0.240. The lowest BCUT2D eigenvalue weighted by molar-refractivity contribution is 0.0698. The number of nitrogens with zero attached hydrogens (tertiary/aromatic N) is 1. The molecular formula is C16H21NO3. The smallest absolute Gasteiger partial charge is 0.337 e. The van der Waals surface area contributed by atoms with E-state index in [9.17, 15) is 15.0 Å². The van der Waals surface area contributed by atoms with E-state index in [-0.39, 0.29) is 5.92 Å². The van der Waals surface area contributed by atoms with E-state index in [0.717, 1.165) is 16.5 Å². The van der Waals surface area contributed by atoms with Crippen LogP contribution in [0.4, 0.5) is 0 Å². The highest BCUT2D eigenvalue weighted by atomic mass is 16.4. The maximum atomic E-state index is 11.6. The number of aromatic carboxylic acids is 1. The number of aromatic nitrogens is 1. The van der Waals surface area contributed by atoms with E-state index >= 15 is 0 Å². The molecule has 1 unspecified atom stereocenters. The molecule has 2 aromatic rings. The number of hydrogen-bond acceptors (Lipinski definition) is 2. The Morgan fingerprint density at radius 2 is 1.95 bits per heavy atom. The Hall–Kier alpha value is -1.81. The van der Waals surface area contributed by atoms with Crippen LogP contribution in [0.2, 0.25) is 0 Å². The Morgan fingerprint density at radius 3 is 2.40 bits per heavy atom. The molecule has 1 heterocycles. The summed E-state index contributed by atoms with van der Waals surface area (Å²) in [5.41, 5.74) is 2.76. The highest BCUT2D eigenvalue weighted by molar-refractivity contribution is 6.04. The van der Waals surface area contributed by atoms with Gasteiger partial charge in [-0.3, -0.25) is 0 Å². The van der Waals surface area contributed by atoms with Crippen LogP contribution < -0.4 is 0 Å². The minimum Gasteiger partial charge on any atom is -0.478 e. The van der Waals surface area contributed by atoms with Crippen molar-refractivity contribution in [3.63, 3.8) is 0 Å². The molecule has 0 aliphatic rings. The van der Waals surface area contributed by atoms with Crippen LogP contribution in [0.3, 0.4) is 0 Å². The fourth-order valence-electron chi connectivity index (χ4n) is 2.57. The second-order valence-electron chi connectivity index (χ2n) is 5.47. The summed E-state index contributed by atoms with van der Waals surface area (Å²) in [7, 11) is 0. The average Bonchev–Trinajstić information content (AvgIpc) is 2.75. The lowest BCUT2D eigenvalue weighted by Crippen LogP contribution is -2.04. The molecule has 0 aliphatic heterocycles. The third-order valence-corrected chi connectivity index (χ3v) is 3.71. The second kappa shape index (κ2) is 5.29. The molecule has 0 bridgehead atoms. The van der Waals surface area contributed by atoms with Gasteiger partial charge in [0.05, 0.1) is 17.2 Å². The number of carbonyl (C=O) groups is 1. The van der Waals surface area contributed by atoms with Gasteiger partial charge in [-0.05, 0) is 37.5 Å². The molecule has 1 atom stereocenters. The van der Waals surface area contributed by atoms with E-state index in [1.165, 1.54) is 0 Å². The molecule has 0 saturated carbocycles. The van der Waals surface area contributed by atoms with E-state index < -0.39 is 12.1 Å². The zero-order valence-corrected chi connectivity index (χ0v) is 12.3. The maximum absolute atomic E-state index is 11.6. The number of aliphatic hydroxyl groups is 1. The highest BCUT2D eigenvalue weighted by Crippen LogP contribution is 2.32. The van der Waals surface area contributed by atoms with Gasteiger partial charge in [0.2, 0.25) is 0 Å². The van der Waals surface area contributed by atoms with Gasteiger partial charge in [-0.25, -0.2) is 4.79 Å². The van der Waals surface area contributed by atoms with Gasteiger partial charge >= 0.3 is 5.97 Å². The monoisotopic (exact) mass is 275 g/mol. The largest absolute Gasteiger partial charge is 0.478 e. The molecule has 0 fully saturated rings. The highest BCUT2D eigenvalue weighted by Gasteiger charge is 2.20. The molecule has 0 amide bonds. The molecule has 0 aliphatic carbocycles. The molecule has 0 saturated heterocycles. The first-order valence-corrected chi connectivity index (χ1v) is 6.94. The summed E-state index contributed by atoms with van der Waals surface area (Å²) in [6.45, 7) is 8.41. The molecular weight excluding hydrogens is 254 g/mol. The van der Waals surface area contributed by atoms with E-state index in [2.05, 4.69) is 0 Å². The molecule has 2 rings (SSSR count). The number of rotatable bonds is 4. The van der Waals surface area contributed by atoms with Crippen LogP contribution >= 0.6 is 0 Å². The van der Waals surface area contributed by atoms with Crippen molar-refractivity contribution < 1.29 is 15.0 Å². The lowest BCUT2D eigenvalue weighted by atomic mass is 9.96. The number of carboxylic acid groups (broad SMARTS) is 1. The molecule has 4 nitrogen and oxygen atoms in total. The van der Waals surface area contributed by atoms with Crippen molar-refractivity contribution in [1.29, 1.82) is 0 Å². The molecule has 108 valence electrons. The Balaban J connectivity index is 2.90. The van der Waals surface area contributed by atoms with Crippen molar-refractivity contribution in [3.05, 3.63) is 35.0 Å². The van der Waals surface area contributed by atoms with Gasteiger partial charge in [0.15, 0.2) is 0 Å². The third kappa shape index (κ3) is 2.31. The van der Waals surface area contributed by atoms with Crippen molar-refractivity contribution in [2.45, 2.75) is 46.3 Å². The number of aryl methyl sites for hydroxylation is 1. The van der Waals surface area contributed by atoms with Crippen LogP contribution in [-0.2, 0) is 6.54 Å². The molecule has 0 spiro atoms. The molecule has 1 aromatic heterocycles. The van der Waals surface area contributed by atoms with E-state index in [4.69, 9.17) is 0 Å². The van der Waals surface area contributed by atoms with Gasteiger partial charge in [0, 0.05) is 23.7 Å². The average molecular weight is 275 g/mol. The first kappa shape index (κ1) is 14.6. The number of fused-ring (bicyclic) bond motifs is 1. The van der Waals surface area contributed by atoms with E-state index in [0.29, 0.717) is 17.6 Å². The summed E-state index contributed by atoms with van der Waals surface area (Å²) in [5, 5.41) is 20.2. The molecule has 1 aromatic carbocycles. The van der Waals surface area contributed by atoms with Crippen LogP contribution in [-0.4, -0.2) is 20.7 Å². The van der Waals surface area contributed by atoms with Crippen LogP contribution in [0.5, 0.6) is 0 Å². The van der Waals surface area contributed by atoms with Crippen molar-refractivity contribution in [1.82, 2.24) is 4.57 Å². The van der Waals surface area contributed by atoms with Crippen LogP contribution in [0, 0.1) is 0 Å². The normalized spacial score (nSPS) is 13.1. The van der Waals surface area contributed by atoms with Gasteiger partial charge in [-0.2, -0.15) is 0 Å². The first-order valence-electron chi connectivity index (χ1n) is 6.94. The van der Waals surface area contributed by atoms with Gasteiger partial charge in [0.1, 0.15) is 0 Å². The van der Waals surface area contributed by atoms with Gasteiger partial charge in [0.25, 0.3) is 0 Å². The fourth-order valence-corrected chi connectivity index (χ4v) is 2.57. The predicted molar refractivity (Wildman–Crippen MR) is 79.3 cm³/mol. The summed E-state index contributed by atoms with van der Waals surface area (Å²) in [5.74, 6) is -0.688. The van der Waals surface area contributed by atoms with Crippen LogP contribution in [0.1, 0.15) is 61.2 Å². The number of hydrogen-bond donors (Lipinski definition) is 2. The Labute approximate surface area is 118 Å². The van der Waals surface area contributed by atoms with Crippen molar-refractivity contribution in [2.75, 3.05) is 0 Å². The van der Waals surface area contributed by atoms with E-state index in [1.54, 1.807) is 13.0 Å². The number of carboxylic acids is 1. The van der Waals surface area contributed by atoms with Crippen molar-refractivity contribution >= 4 is 16.9 Å². The summed E-state index contributed by atoms with van der Waals surface area (Å²) < 4.78 is 1.89. The Morgan fingerprint density at radius 1 is 1.30 bits per heavy atom. The zero-order chi connectivity index (χ0) is 15.0. The predicted octanol–water partition coefficient (Wildman–Crippen LogP) is 3.54.